The van der Waals surface area contributed by atoms with Crippen molar-refractivity contribution in [2.75, 3.05) is 37.6 Å². The Bertz CT molecular complexity index is 797. The lowest BCUT2D eigenvalue weighted by Crippen LogP contribution is -2.46. The zero-order valence-corrected chi connectivity index (χ0v) is 14.1. The molecule has 0 radical (unpaired) electrons. The molecule has 0 bridgehead atoms. The van der Waals surface area contributed by atoms with Crippen molar-refractivity contribution >= 4 is 11.8 Å². The Morgan fingerprint density at radius 1 is 1.15 bits per heavy atom. The van der Waals surface area contributed by atoms with E-state index < -0.39 is 17.7 Å². The number of hydrogen-bond donors (Lipinski definition) is 1. The number of carbonyl (C=O) groups is 1. The summed E-state index contributed by atoms with van der Waals surface area (Å²) in [6, 6.07) is 4.82. The number of benzene rings is 1. The maximum Gasteiger partial charge on any atom is 0.418 e. The molecule has 140 valence electrons. The van der Waals surface area contributed by atoms with Gasteiger partial charge in [0.05, 0.1) is 11.3 Å². The first-order valence-corrected chi connectivity index (χ1v) is 8.15. The van der Waals surface area contributed by atoms with Crippen LogP contribution in [-0.2, 0) is 6.18 Å². The summed E-state index contributed by atoms with van der Waals surface area (Å²) in [4.78, 5) is 16.2. The molecule has 0 aliphatic carbocycles. The molecule has 1 aliphatic rings. The van der Waals surface area contributed by atoms with E-state index in [1.54, 1.807) is 4.90 Å². The van der Waals surface area contributed by atoms with Gasteiger partial charge in [0.15, 0.2) is 5.82 Å². The fourth-order valence-corrected chi connectivity index (χ4v) is 2.92. The van der Waals surface area contributed by atoms with Crippen LogP contribution < -0.4 is 4.90 Å². The predicted octanol–water partition coefficient (Wildman–Crippen LogP) is 2.13. The average Bonchev–Trinajstić information content (AvgIpc) is 3.06. The Hall–Kier alpha value is -2.62. The lowest BCUT2D eigenvalue weighted by molar-refractivity contribution is -0.137. The van der Waals surface area contributed by atoms with Gasteiger partial charge in [-0.15, -0.1) is 15.0 Å². The van der Waals surface area contributed by atoms with Crippen LogP contribution in [0.5, 0.6) is 0 Å². The van der Waals surface area contributed by atoms with Gasteiger partial charge < -0.3 is 14.9 Å². The second kappa shape index (κ2) is 6.94. The molecule has 0 saturated carbocycles. The number of nitrogens with zero attached hydrogens (tertiary/aromatic N) is 5. The number of likely N-dealkylation sites (N-methyl/N-ethyl adjacent to an activating group) is 1. The van der Waals surface area contributed by atoms with E-state index in [-0.39, 0.29) is 17.2 Å². The van der Waals surface area contributed by atoms with Crippen LogP contribution in [-0.4, -0.2) is 63.7 Å². The number of piperazine rings is 1. The number of anilines is 1. The third kappa shape index (κ3) is 3.50. The molecule has 2 aromatic rings. The average molecular weight is 369 g/mol. The minimum absolute atomic E-state index is 0.0882. The van der Waals surface area contributed by atoms with Crippen LogP contribution >= 0.6 is 0 Å². The van der Waals surface area contributed by atoms with Gasteiger partial charge in [-0.2, -0.15) is 13.2 Å². The van der Waals surface area contributed by atoms with Crippen molar-refractivity contribution in [1.82, 2.24) is 19.9 Å². The van der Waals surface area contributed by atoms with Crippen LogP contribution in [0.3, 0.4) is 0 Å². The maximum atomic E-state index is 13.2. The van der Waals surface area contributed by atoms with Gasteiger partial charge >= 0.3 is 12.1 Å². The standard InChI is InChI=1S/C16H18F3N5O2/c1-2-22-7-9-23(10-8-22)14-13(15(25)26)20-24(21-14)12-6-4-3-5-11(12)16(17,18)19/h3-6H,2,7-10H2,1H3,(H,25,26). The quantitative estimate of drug-likeness (QED) is 0.890. The number of carboxylic acid groups (broad SMARTS) is 1. The van der Waals surface area contributed by atoms with Crippen LogP contribution in [0.15, 0.2) is 24.3 Å². The number of hydrogen-bond acceptors (Lipinski definition) is 5. The number of para-hydroxylation sites is 1. The molecule has 1 aromatic carbocycles. The summed E-state index contributed by atoms with van der Waals surface area (Å²) in [6.45, 7) is 5.43. The van der Waals surface area contributed by atoms with Crippen molar-refractivity contribution in [2.24, 2.45) is 0 Å². The lowest BCUT2D eigenvalue weighted by atomic mass is 10.2. The van der Waals surface area contributed by atoms with E-state index >= 15 is 0 Å². The van der Waals surface area contributed by atoms with Gasteiger partial charge in [-0.3, -0.25) is 0 Å². The number of carboxylic acids is 1. The Labute approximate surface area is 147 Å². The molecule has 2 heterocycles. The van der Waals surface area contributed by atoms with Gasteiger partial charge in [-0.25, -0.2) is 4.79 Å². The minimum Gasteiger partial charge on any atom is -0.476 e. The van der Waals surface area contributed by atoms with Gasteiger partial charge in [0.1, 0.15) is 0 Å². The number of aromatic carboxylic acids is 1. The fraction of sp³-hybridized carbons (Fsp3) is 0.438. The van der Waals surface area contributed by atoms with Crippen molar-refractivity contribution in [3.8, 4) is 5.69 Å². The van der Waals surface area contributed by atoms with E-state index in [9.17, 15) is 23.1 Å². The Kier molecular flexibility index (Phi) is 4.86. The zero-order chi connectivity index (χ0) is 18.9. The first kappa shape index (κ1) is 18.2. The summed E-state index contributed by atoms with van der Waals surface area (Å²) in [7, 11) is 0. The van der Waals surface area contributed by atoms with Crippen molar-refractivity contribution in [1.29, 1.82) is 0 Å². The summed E-state index contributed by atoms with van der Waals surface area (Å²) < 4.78 is 39.7. The maximum absolute atomic E-state index is 13.2. The van der Waals surface area contributed by atoms with Gasteiger partial charge in [-0.1, -0.05) is 19.1 Å². The van der Waals surface area contributed by atoms with Crippen LogP contribution in [0.4, 0.5) is 19.0 Å². The second-order valence-electron chi connectivity index (χ2n) is 5.90. The molecule has 0 atom stereocenters. The highest BCUT2D eigenvalue weighted by Gasteiger charge is 2.35. The van der Waals surface area contributed by atoms with E-state index in [4.69, 9.17) is 0 Å². The van der Waals surface area contributed by atoms with Crippen LogP contribution in [0, 0.1) is 0 Å². The molecule has 10 heteroatoms. The summed E-state index contributed by atoms with van der Waals surface area (Å²) >= 11 is 0. The van der Waals surface area contributed by atoms with E-state index in [0.717, 1.165) is 30.5 Å². The van der Waals surface area contributed by atoms with E-state index in [1.807, 2.05) is 6.92 Å². The SMILES string of the molecule is CCN1CCN(c2nn(-c3ccccc3C(F)(F)F)nc2C(=O)O)CC1. The van der Waals surface area contributed by atoms with Gasteiger partial charge in [-0.05, 0) is 18.7 Å². The molecule has 1 N–H and O–H groups in total. The first-order chi connectivity index (χ1) is 12.3. The van der Waals surface area contributed by atoms with Crippen LogP contribution in [0.1, 0.15) is 23.0 Å². The highest BCUT2D eigenvalue weighted by atomic mass is 19.4. The molecule has 0 spiro atoms. The van der Waals surface area contributed by atoms with Crippen molar-refractivity contribution in [3.05, 3.63) is 35.5 Å². The number of aromatic nitrogens is 3. The minimum atomic E-state index is -4.60. The Balaban J connectivity index is 2.01. The molecule has 1 aromatic heterocycles. The van der Waals surface area contributed by atoms with Gasteiger partial charge in [0, 0.05) is 26.2 Å². The van der Waals surface area contributed by atoms with Crippen LogP contribution in [0.2, 0.25) is 0 Å². The molecule has 1 aliphatic heterocycles. The van der Waals surface area contributed by atoms with E-state index in [2.05, 4.69) is 15.1 Å². The molecule has 0 amide bonds. The molecule has 1 fully saturated rings. The topological polar surface area (TPSA) is 74.5 Å². The second-order valence-corrected chi connectivity index (χ2v) is 5.90. The third-order valence-electron chi connectivity index (χ3n) is 4.34. The monoisotopic (exact) mass is 369 g/mol. The summed E-state index contributed by atoms with van der Waals surface area (Å²) in [6.07, 6.45) is -4.60. The fourth-order valence-electron chi connectivity index (χ4n) is 2.92. The van der Waals surface area contributed by atoms with E-state index in [1.165, 1.54) is 18.2 Å². The summed E-state index contributed by atoms with van der Waals surface area (Å²) in [5.74, 6) is -1.24. The lowest BCUT2D eigenvalue weighted by Gasteiger charge is -2.34. The van der Waals surface area contributed by atoms with Crippen molar-refractivity contribution in [2.45, 2.75) is 13.1 Å². The summed E-state index contributed by atoms with van der Waals surface area (Å²) in [5, 5.41) is 17.3. The molecular weight excluding hydrogens is 351 g/mol. The number of alkyl halides is 3. The van der Waals surface area contributed by atoms with Gasteiger partial charge in [0.2, 0.25) is 5.69 Å². The molecule has 7 nitrogen and oxygen atoms in total. The van der Waals surface area contributed by atoms with Gasteiger partial charge in [0.25, 0.3) is 0 Å². The van der Waals surface area contributed by atoms with Crippen LogP contribution in [0.25, 0.3) is 5.69 Å². The molecule has 0 unspecified atom stereocenters. The first-order valence-electron chi connectivity index (χ1n) is 8.15. The number of rotatable bonds is 4. The highest BCUT2D eigenvalue weighted by molar-refractivity contribution is 5.91. The van der Waals surface area contributed by atoms with Crippen molar-refractivity contribution < 1.29 is 23.1 Å². The van der Waals surface area contributed by atoms with E-state index in [0.29, 0.717) is 13.1 Å². The zero-order valence-electron chi connectivity index (χ0n) is 14.1. The third-order valence-corrected chi connectivity index (χ3v) is 4.34. The Morgan fingerprint density at radius 3 is 2.38 bits per heavy atom. The molecule has 1 saturated heterocycles. The normalized spacial score (nSPS) is 16.1. The predicted molar refractivity (Wildman–Crippen MR) is 87.6 cm³/mol. The molecule has 3 rings (SSSR count). The number of halogens is 3. The largest absolute Gasteiger partial charge is 0.476 e. The summed E-state index contributed by atoms with van der Waals surface area (Å²) in [5.41, 5.74) is -1.58. The molecular formula is C16H18F3N5O2. The molecule has 26 heavy (non-hydrogen) atoms. The van der Waals surface area contributed by atoms with Crippen molar-refractivity contribution in [3.63, 3.8) is 0 Å². The smallest absolute Gasteiger partial charge is 0.418 e. The highest BCUT2D eigenvalue weighted by Crippen LogP contribution is 2.33. The Morgan fingerprint density at radius 2 is 1.81 bits per heavy atom.